The van der Waals surface area contributed by atoms with Crippen LogP contribution in [0.4, 0.5) is 4.39 Å². The monoisotopic (exact) mass is 239 g/mol. The van der Waals surface area contributed by atoms with E-state index in [2.05, 4.69) is 15.5 Å². The summed E-state index contributed by atoms with van der Waals surface area (Å²) < 4.78 is 13.0. The Kier molecular flexibility index (Phi) is 3.22. The quantitative estimate of drug-likeness (QED) is 0.865. The van der Waals surface area contributed by atoms with E-state index >= 15 is 0 Å². The minimum atomic E-state index is -0.417. The van der Waals surface area contributed by atoms with E-state index in [1.807, 2.05) is 7.05 Å². The molecule has 0 amide bonds. The number of halogens is 2. The molecule has 3 nitrogen and oxygen atoms in total. The highest BCUT2D eigenvalue weighted by atomic mass is 35.5. The van der Waals surface area contributed by atoms with E-state index in [-0.39, 0.29) is 5.02 Å². The summed E-state index contributed by atoms with van der Waals surface area (Å²) in [4.78, 5) is 0. The van der Waals surface area contributed by atoms with Gasteiger partial charge in [-0.15, -0.1) is 0 Å². The number of hydrogen-bond donors (Lipinski definition) is 2. The molecule has 84 valence electrons. The van der Waals surface area contributed by atoms with Crippen molar-refractivity contribution in [3.63, 3.8) is 0 Å². The molecule has 2 rings (SSSR count). The second-order valence-corrected chi connectivity index (χ2v) is 3.84. The van der Waals surface area contributed by atoms with Crippen LogP contribution in [0.15, 0.2) is 24.4 Å². The third-order valence-corrected chi connectivity index (χ3v) is 2.58. The number of nitrogens with one attached hydrogen (secondary N) is 2. The van der Waals surface area contributed by atoms with Crippen molar-refractivity contribution in [2.24, 2.45) is 0 Å². The molecule has 0 aliphatic rings. The number of rotatable bonds is 3. The lowest BCUT2D eigenvalue weighted by atomic mass is 10.1. The number of benzene rings is 1. The molecular weight excluding hydrogens is 229 g/mol. The van der Waals surface area contributed by atoms with E-state index in [1.165, 1.54) is 6.07 Å². The van der Waals surface area contributed by atoms with Gasteiger partial charge in [0.25, 0.3) is 0 Å². The molecule has 16 heavy (non-hydrogen) atoms. The van der Waals surface area contributed by atoms with Crippen LogP contribution in [0.25, 0.3) is 11.3 Å². The molecule has 1 aromatic heterocycles. The van der Waals surface area contributed by atoms with Crippen LogP contribution in [0.1, 0.15) is 5.56 Å². The molecule has 2 aromatic rings. The van der Waals surface area contributed by atoms with Crippen LogP contribution in [0.5, 0.6) is 0 Å². The average Bonchev–Trinajstić information content (AvgIpc) is 2.71. The van der Waals surface area contributed by atoms with Gasteiger partial charge in [-0.05, 0) is 25.2 Å². The molecule has 0 unspecified atom stereocenters. The minimum absolute atomic E-state index is 0.113. The predicted molar refractivity (Wildman–Crippen MR) is 61.8 cm³/mol. The Morgan fingerprint density at radius 1 is 1.50 bits per heavy atom. The van der Waals surface area contributed by atoms with Gasteiger partial charge < -0.3 is 5.32 Å². The van der Waals surface area contributed by atoms with Gasteiger partial charge in [-0.3, -0.25) is 5.10 Å². The standard InChI is InChI=1S/C11H11ClFN3/c1-14-5-8-6-15-16-11(8)7-2-3-10(13)9(12)4-7/h2-4,6,14H,5H2,1H3,(H,15,16). The minimum Gasteiger partial charge on any atom is -0.316 e. The zero-order valence-electron chi connectivity index (χ0n) is 8.72. The second-order valence-electron chi connectivity index (χ2n) is 3.43. The number of H-pyrrole nitrogens is 1. The lowest BCUT2D eigenvalue weighted by molar-refractivity contribution is 0.628. The Labute approximate surface area is 97.6 Å². The van der Waals surface area contributed by atoms with Gasteiger partial charge in [0.1, 0.15) is 5.82 Å². The second kappa shape index (κ2) is 4.63. The summed E-state index contributed by atoms with van der Waals surface area (Å²) in [6.45, 7) is 0.695. The van der Waals surface area contributed by atoms with Crippen molar-refractivity contribution < 1.29 is 4.39 Å². The zero-order chi connectivity index (χ0) is 11.5. The van der Waals surface area contributed by atoms with Crippen molar-refractivity contribution in [3.05, 3.63) is 40.8 Å². The first-order chi connectivity index (χ1) is 7.72. The third kappa shape index (κ3) is 2.08. The summed E-state index contributed by atoms with van der Waals surface area (Å²) in [7, 11) is 1.86. The molecule has 0 spiro atoms. The molecular formula is C11H11ClFN3. The summed E-state index contributed by atoms with van der Waals surface area (Å²) >= 11 is 5.74. The van der Waals surface area contributed by atoms with Crippen molar-refractivity contribution >= 4 is 11.6 Å². The van der Waals surface area contributed by atoms with Crippen molar-refractivity contribution in [1.29, 1.82) is 0 Å². The van der Waals surface area contributed by atoms with Gasteiger partial charge in [-0.1, -0.05) is 11.6 Å². The maximum Gasteiger partial charge on any atom is 0.141 e. The maximum atomic E-state index is 13.0. The highest BCUT2D eigenvalue weighted by molar-refractivity contribution is 6.31. The Balaban J connectivity index is 2.42. The highest BCUT2D eigenvalue weighted by Gasteiger charge is 2.09. The number of hydrogen-bond acceptors (Lipinski definition) is 2. The average molecular weight is 240 g/mol. The van der Waals surface area contributed by atoms with Crippen LogP contribution < -0.4 is 5.32 Å². The van der Waals surface area contributed by atoms with E-state index in [1.54, 1.807) is 18.3 Å². The van der Waals surface area contributed by atoms with E-state index < -0.39 is 5.82 Å². The lowest BCUT2D eigenvalue weighted by Gasteiger charge is -2.03. The number of aromatic nitrogens is 2. The molecule has 1 heterocycles. The molecule has 0 saturated carbocycles. The summed E-state index contributed by atoms with van der Waals surface area (Å²) in [6.07, 6.45) is 1.74. The molecule has 0 atom stereocenters. The summed E-state index contributed by atoms with van der Waals surface area (Å²) in [5, 5.41) is 10.0. The first-order valence-electron chi connectivity index (χ1n) is 4.84. The van der Waals surface area contributed by atoms with Crippen LogP contribution in [0.2, 0.25) is 5.02 Å². The van der Waals surface area contributed by atoms with Gasteiger partial charge in [-0.25, -0.2) is 4.39 Å². The van der Waals surface area contributed by atoms with Gasteiger partial charge in [-0.2, -0.15) is 5.10 Å². The van der Waals surface area contributed by atoms with E-state index in [0.29, 0.717) is 6.54 Å². The molecule has 0 saturated heterocycles. The van der Waals surface area contributed by atoms with Crippen LogP contribution in [0.3, 0.4) is 0 Å². The Hall–Kier alpha value is -1.39. The predicted octanol–water partition coefficient (Wildman–Crippen LogP) is 2.59. The van der Waals surface area contributed by atoms with Crippen molar-refractivity contribution in [3.8, 4) is 11.3 Å². The summed E-state index contributed by atoms with van der Waals surface area (Å²) in [5.74, 6) is -0.417. The molecule has 1 aromatic carbocycles. The SMILES string of the molecule is CNCc1cn[nH]c1-c1ccc(F)c(Cl)c1. The van der Waals surface area contributed by atoms with Crippen LogP contribution in [-0.4, -0.2) is 17.2 Å². The van der Waals surface area contributed by atoms with Gasteiger partial charge >= 0.3 is 0 Å². The van der Waals surface area contributed by atoms with Gasteiger partial charge in [0.05, 0.1) is 16.9 Å². The van der Waals surface area contributed by atoms with Crippen molar-refractivity contribution in [2.45, 2.75) is 6.54 Å². The van der Waals surface area contributed by atoms with Crippen molar-refractivity contribution in [2.75, 3.05) is 7.05 Å². The van der Waals surface area contributed by atoms with E-state index in [4.69, 9.17) is 11.6 Å². The molecule has 0 aliphatic heterocycles. The third-order valence-electron chi connectivity index (χ3n) is 2.29. The summed E-state index contributed by atoms with van der Waals surface area (Å²) in [5.41, 5.74) is 2.70. The van der Waals surface area contributed by atoms with Gasteiger partial charge in [0.2, 0.25) is 0 Å². The first kappa shape index (κ1) is 11.1. The summed E-state index contributed by atoms with van der Waals surface area (Å²) in [6, 6.07) is 4.61. The Morgan fingerprint density at radius 3 is 3.00 bits per heavy atom. The normalized spacial score (nSPS) is 10.7. The molecule has 0 bridgehead atoms. The van der Waals surface area contributed by atoms with Crippen molar-refractivity contribution in [1.82, 2.24) is 15.5 Å². The van der Waals surface area contributed by atoms with Crippen LogP contribution in [0, 0.1) is 5.82 Å². The molecule has 0 radical (unpaired) electrons. The molecule has 2 N–H and O–H groups in total. The molecule has 0 fully saturated rings. The lowest BCUT2D eigenvalue weighted by Crippen LogP contribution is -2.05. The molecule has 0 aliphatic carbocycles. The Bertz CT molecular complexity index is 496. The fourth-order valence-electron chi connectivity index (χ4n) is 1.54. The van der Waals surface area contributed by atoms with Gasteiger partial charge in [0.15, 0.2) is 0 Å². The zero-order valence-corrected chi connectivity index (χ0v) is 9.48. The highest BCUT2D eigenvalue weighted by Crippen LogP contribution is 2.25. The Morgan fingerprint density at radius 2 is 2.31 bits per heavy atom. The van der Waals surface area contributed by atoms with Crippen LogP contribution in [-0.2, 0) is 6.54 Å². The largest absolute Gasteiger partial charge is 0.316 e. The van der Waals surface area contributed by atoms with Gasteiger partial charge in [0, 0.05) is 17.7 Å². The van der Waals surface area contributed by atoms with E-state index in [9.17, 15) is 4.39 Å². The fourth-order valence-corrected chi connectivity index (χ4v) is 1.72. The smallest absolute Gasteiger partial charge is 0.141 e. The fraction of sp³-hybridized carbons (Fsp3) is 0.182. The maximum absolute atomic E-state index is 13.0. The van der Waals surface area contributed by atoms with Crippen LogP contribution >= 0.6 is 11.6 Å². The topological polar surface area (TPSA) is 40.7 Å². The molecule has 5 heteroatoms. The number of nitrogens with zero attached hydrogens (tertiary/aromatic N) is 1. The van der Waals surface area contributed by atoms with E-state index in [0.717, 1.165) is 16.8 Å². The number of aromatic amines is 1. The first-order valence-corrected chi connectivity index (χ1v) is 5.22.